The molecule has 2 atom stereocenters. The maximum atomic E-state index is 13.3. The zero-order chi connectivity index (χ0) is 14.7. The number of hydrogen-bond acceptors (Lipinski definition) is 3. The van der Waals surface area contributed by atoms with E-state index < -0.39 is 11.6 Å². The molecule has 5 heteroatoms. The molecule has 3 nitrogen and oxygen atoms in total. The van der Waals surface area contributed by atoms with E-state index in [1.165, 1.54) is 12.5 Å². The van der Waals surface area contributed by atoms with Gasteiger partial charge >= 0.3 is 0 Å². The molecule has 0 radical (unpaired) electrons. The quantitative estimate of drug-likeness (QED) is 0.856. The molecule has 0 spiro atoms. The Morgan fingerprint density at radius 3 is 2.76 bits per heavy atom. The third kappa shape index (κ3) is 3.78. The van der Waals surface area contributed by atoms with Crippen LogP contribution in [0.15, 0.2) is 18.2 Å². The fourth-order valence-corrected chi connectivity index (χ4v) is 3.02. The van der Waals surface area contributed by atoms with Gasteiger partial charge < -0.3 is 9.47 Å². The molecular formula is C16H21F2NO2. The summed E-state index contributed by atoms with van der Waals surface area (Å²) in [5.74, 6) is -1.63. The molecule has 0 bridgehead atoms. The van der Waals surface area contributed by atoms with Crippen molar-refractivity contribution in [2.24, 2.45) is 0 Å². The van der Waals surface area contributed by atoms with Crippen molar-refractivity contribution in [1.29, 1.82) is 0 Å². The number of hydrogen-bond donors (Lipinski definition) is 0. The largest absolute Gasteiger partial charge is 0.377 e. The van der Waals surface area contributed by atoms with E-state index >= 15 is 0 Å². The van der Waals surface area contributed by atoms with Crippen LogP contribution in [-0.4, -0.2) is 43.9 Å². The van der Waals surface area contributed by atoms with E-state index in [1.807, 2.05) is 0 Å². The molecule has 0 unspecified atom stereocenters. The summed E-state index contributed by atoms with van der Waals surface area (Å²) in [5.41, 5.74) is 0.697. The van der Waals surface area contributed by atoms with Crippen LogP contribution < -0.4 is 0 Å². The summed E-state index contributed by atoms with van der Waals surface area (Å²) in [5, 5.41) is 0. The smallest absolute Gasteiger partial charge is 0.159 e. The minimum atomic E-state index is -0.818. The zero-order valence-corrected chi connectivity index (χ0v) is 12.1. The molecule has 2 aliphatic heterocycles. The number of rotatable bonds is 3. The molecule has 0 aromatic heterocycles. The van der Waals surface area contributed by atoms with Crippen molar-refractivity contribution in [3.05, 3.63) is 35.4 Å². The Balaban J connectivity index is 1.60. The lowest BCUT2D eigenvalue weighted by atomic mass is 10.1. The minimum absolute atomic E-state index is 0.197. The summed E-state index contributed by atoms with van der Waals surface area (Å²) in [4.78, 5) is 2.30. The highest BCUT2D eigenvalue weighted by Crippen LogP contribution is 2.25. The molecule has 2 fully saturated rings. The summed E-state index contributed by atoms with van der Waals surface area (Å²) in [6.45, 7) is 3.91. The molecule has 1 aromatic carbocycles. The van der Waals surface area contributed by atoms with Gasteiger partial charge in [0.1, 0.15) is 0 Å². The van der Waals surface area contributed by atoms with Gasteiger partial charge in [-0.3, -0.25) is 4.90 Å². The van der Waals surface area contributed by atoms with Crippen molar-refractivity contribution >= 4 is 0 Å². The van der Waals surface area contributed by atoms with E-state index in [2.05, 4.69) is 4.90 Å². The van der Waals surface area contributed by atoms with E-state index in [0.717, 1.165) is 38.6 Å². The lowest BCUT2D eigenvalue weighted by Crippen LogP contribution is -2.43. The van der Waals surface area contributed by atoms with Crippen LogP contribution in [0.2, 0.25) is 0 Å². The fraction of sp³-hybridized carbons (Fsp3) is 0.625. The second-order valence-corrected chi connectivity index (χ2v) is 5.78. The van der Waals surface area contributed by atoms with Crippen molar-refractivity contribution < 1.29 is 18.3 Å². The zero-order valence-electron chi connectivity index (χ0n) is 12.1. The predicted molar refractivity (Wildman–Crippen MR) is 75.1 cm³/mol. The average Bonchev–Trinajstić information content (AvgIpc) is 2.51. The van der Waals surface area contributed by atoms with Crippen molar-refractivity contribution in [3.8, 4) is 0 Å². The molecule has 1 aromatic rings. The first-order chi connectivity index (χ1) is 10.2. The van der Waals surface area contributed by atoms with E-state index in [4.69, 9.17) is 9.47 Å². The monoisotopic (exact) mass is 297 g/mol. The number of nitrogens with zero attached hydrogens (tertiary/aromatic N) is 1. The number of ether oxygens (including phenoxy) is 2. The first-order valence-corrected chi connectivity index (χ1v) is 7.63. The number of benzene rings is 1. The Bertz CT molecular complexity index is 477. The molecule has 3 rings (SSSR count). The van der Waals surface area contributed by atoms with E-state index in [-0.39, 0.29) is 6.10 Å². The van der Waals surface area contributed by atoms with Crippen LogP contribution in [0, 0.1) is 11.6 Å². The van der Waals surface area contributed by atoms with Crippen LogP contribution in [0.4, 0.5) is 8.78 Å². The fourth-order valence-electron chi connectivity index (χ4n) is 3.02. The van der Waals surface area contributed by atoms with E-state index in [1.54, 1.807) is 6.07 Å². The minimum Gasteiger partial charge on any atom is -0.377 e. The molecule has 116 valence electrons. The Kier molecular flexibility index (Phi) is 4.83. The van der Waals surface area contributed by atoms with Crippen molar-refractivity contribution in [1.82, 2.24) is 4.90 Å². The molecule has 0 N–H and O–H groups in total. The second kappa shape index (κ2) is 6.81. The van der Waals surface area contributed by atoms with Gasteiger partial charge in [-0.2, -0.15) is 0 Å². The molecule has 0 saturated carbocycles. The number of morpholine rings is 1. The van der Waals surface area contributed by atoms with Crippen LogP contribution in [0.1, 0.15) is 30.9 Å². The van der Waals surface area contributed by atoms with Crippen LogP contribution in [0.25, 0.3) is 0 Å². The lowest BCUT2D eigenvalue weighted by Gasteiger charge is -2.36. The molecule has 0 amide bonds. The Morgan fingerprint density at radius 1 is 1.10 bits per heavy atom. The Labute approximate surface area is 123 Å². The number of halogens is 2. The van der Waals surface area contributed by atoms with Gasteiger partial charge in [-0.05, 0) is 37.0 Å². The van der Waals surface area contributed by atoms with Gasteiger partial charge in [0.2, 0.25) is 0 Å². The molecule has 2 aliphatic rings. The van der Waals surface area contributed by atoms with Gasteiger partial charge in [-0.25, -0.2) is 8.78 Å². The first kappa shape index (κ1) is 14.9. The van der Waals surface area contributed by atoms with Gasteiger partial charge in [-0.15, -0.1) is 0 Å². The van der Waals surface area contributed by atoms with Gasteiger partial charge in [0, 0.05) is 26.2 Å². The highest BCUT2D eigenvalue weighted by Gasteiger charge is 2.25. The summed E-state index contributed by atoms with van der Waals surface area (Å²) >= 11 is 0. The molecule has 21 heavy (non-hydrogen) atoms. The maximum Gasteiger partial charge on any atom is 0.159 e. The van der Waals surface area contributed by atoms with E-state index in [9.17, 15) is 8.78 Å². The highest BCUT2D eigenvalue weighted by atomic mass is 19.2. The molecule has 2 saturated heterocycles. The predicted octanol–water partition coefficient (Wildman–Crippen LogP) is 2.91. The maximum absolute atomic E-state index is 13.3. The lowest BCUT2D eigenvalue weighted by molar-refractivity contribution is -0.0612. The van der Waals surface area contributed by atoms with Crippen LogP contribution >= 0.6 is 0 Å². The van der Waals surface area contributed by atoms with Gasteiger partial charge in [-0.1, -0.05) is 6.07 Å². The molecule has 0 aliphatic carbocycles. The standard InChI is InChI=1S/C16H21F2NO2/c17-14-5-4-12(9-15(14)18)16-11-19(6-8-21-16)10-13-3-1-2-7-20-13/h4-5,9,13,16H,1-3,6-8,10-11H2/t13-,16+/m0/s1. The normalized spacial score (nSPS) is 27.7. The molecular weight excluding hydrogens is 276 g/mol. The third-order valence-electron chi connectivity index (χ3n) is 4.20. The van der Waals surface area contributed by atoms with Crippen molar-refractivity contribution in [2.75, 3.05) is 32.8 Å². The van der Waals surface area contributed by atoms with Gasteiger partial charge in [0.15, 0.2) is 11.6 Å². The third-order valence-corrected chi connectivity index (χ3v) is 4.20. The average molecular weight is 297 g/mol. The Hall–Kier alpha value is -1.04. The van der Waals surface area contributed by atoms with E-state index in [0.29, 0.717) is 24.8 Å². The van der Waals surface area contributed by atoms with Crippen LogP contribution in [0.3, 0.4) is 0 Å². The second-order valence-electron chi connectivity index (χ2n) is 5.78. The molecule has 2 heterocycles. The summed E-state index contributed by atoms with van der Waals surface area (Å²) in [6, 6.07) is 4.00. The van der Waals surface area contributed by atoms with Gasteiger partial charge in [0.05, 0.1) is 18.8 Å². The Morgan fingerprint density at radius 2 is 2.00 bits per heavy atom. The van der Waals surface area contributed by atoms with Crippen LogP contribution in [-0.2, 0) is 9.47 Å². The van der Waals surface area contributed by atoms with Gasteiger partial charge in [0.25, 0.3) is 0 Å². The summed E-state index contributed by atoms with van der Waals surface area (Å²) < 4.78 is 37.8. The summed E-state index contributed by atoms with van der Waals surface area (Å²) in [6.07, 6.45) is 3.58. The SMILES string of the molecule is Fc1ccc([C@H]2CN(C[C@@H]3CCCCO3)CCO2)cc1F. The summed E-state index contributed by atoms with van der Waals surface area (Å²) in [7, 11) is 0. The topological polar surface area (TPSA) is 21.7 Å². The van der Waals surface area contributed by atoms with Crippen molar-refractivity contribution in [2.45, 2.75) is 31.5 Å². The first-order valence-electron chi connectivity index (χ1n) is 7.63. The van der Waals surface area contributed by atoms with Crippen molar-refractivity contribution in [3.63, 3.8) is 0 Å². The highest BCUT2D eigenvalue weighted by molar-refractivity contribution is 5.21. The van der Waals surface area contributed by atoms with Crippen LogP contribution in [0.5, 0.6) is 0 Å².